The van der Waals surface area contributed by atoms with E-state index in [4.69, 9.17) is 18.0 Å². The number of aryl methyl sites for hydroxylation is 1. The van der Waals surface area contributed by atoms with Gasteiger partial charge in [-0.05, 0) is 30.7 Å². The summed E-state index contributed by atoms with van der Waals surface area (Å²) in [6.07, 6.45) is 3.15. The summed E-state index contributed by atoms with van der Waals surface area (Å²) >= 11 is 4.94. The molecule has 0 radical (unpaired) electrons. The monoisotopic (exact) mass is 261 g/mol. The first-order valence-corrected chi connectivity index (χ1v) is 5.76. The third kappa shape index (κ3) is 2.62. The lowest BCUT2D eigenvalue weighted by Gasteiger charge is -2.11. The van der Waals surface area contributed by atoms with Gasteiger partial charge in [0.05, 0.1) is 17.6 Å². The van der Waals surface area contributed by atoms with E-state index in [1.54, 1.807) is 24.5 Å². The molecule has 0 aliphatic heterocycles. The van der Waals surface area contributed by atoms with Gasteiger partial charge in [0.1, 0.15) is 10.8 Å². The molecular weight excluding hydrogens is 249 g/mol. The summed E-state index contributed by atoms with van der Waals surface area (Å²) in [5, 5.41) is 2.94. The Bertz CT molecular complexity index is 599. The van der Waals surface area contributed by atoms with Crippen LogP contribution >= 0.6 is 12.2 Å². The number of nitrogens with zero attached hydrogens (tertiary/aromatic N) is 1. The minimum absolute atomic E-state index is 0.243. The van der Waals surface area contributed by atoms with Crippen molar-refractivity contribution < 1.29 is 4.39 Å². The molecule has 1 aromatic heterocycles. The van der Waals surface area contributed by atoms with Crippen molar-refractivity contribution in [2.24, 2.45) is 5.73 Å². The number of anilines is 2. The van der Waals surface area contributed by atoms with Crippen LogP contribution in [-0.2, 0) is 0 Å². The molecule has 0 aliphatic carbocycles. The molecule has 2 rings (SSSR count). The Hall–Kier alpha value is -2.01. The van der Waals surface area contributed by atoms with Gasteiger partial charge in [-0.1, -0.05) is 18.3 Å². The van der Waals surface area contributed by atoms with Gasteiger partial charge in [0.2, 0.25) is 0 Å². The number of nitrogens with one attached hydrogen (secondary N) is 1. The lowest BCUT2D eigenvalue weighted by molar-refractivity contribution is 0.630. The molecule has 0 unspecified atom stereocenters. The minimum atomic E-state index is -0.326. The molecule has 92 valence electrons. The van der Waals surface area contributed by atoms with E-state index in [9.17, 15) is 4.39 Å². The van der Waals surface area contributed by atoms with Crippen molar-refractivity contribution >= 4 is 28.6 Å². The quantitative estimate of drug-likeness (QED) is 0.834. The Morgan fingerprint density at radius 2 is 2.11 bits per heavy atom. The van der Waals surface area contributed by atoms with Crippen LogP contribution in [0.5, 0.6) is 0 Å². The molecule has 0 bridgehead atoms. The zero-order valence-electron chi connectivity index (χ0n) is 9.77. The van der Waals surface area contributed by atoms with Crippen molar-refractivity contribution in [2.45, 2.75) is 6.92 Å². The highest BCUT2D eigenvalue weighted by Gasteiger charge is 2.08. The van der Waals surface area contributed by atoms with Crippen LogP contribution in [0.1, 0.15) is 11.1 Å². The summed E-state index contributed by atoms with van der Waals surface area (Å²) in [4.78, 5) is 4.21. The molecule has 0 fully saturated rings. The maximum atomic E-state index is 13.7. The fourth-order valence-corrected chi connectivity index (χ4v) is 1.75. The normalized spacial score (nSPS) is 10.1. The second kappa shape index (κ2) is 5.10. The fraction of sp³-hybridized carbons (Fsp3) is 0.0769. The Morgan fingerprint density at radius 1 is 1.33 bits per heavy atom. The second-order valence-electron chi connectivity index (χ2n) is 3.89. The summed E-state index contributed by atoms with van der Waals surface area (Å²) in [6, 6.07) is 6.64. The molecule has 0 saturated carbocycles. The number of hydrogen-bond acceptors (Lipinski definition) is 3. The van der Waals surface area contributed by atoms with Crippen LogP contribution in [-0.4, -0.2) is 9.97 Å². The van der Waals surface area contributed by atoms with E-state index >= 15 is 0 Å². The average Bonchev–Trinajstić information content (AvgIpc) is 2.33. The zero-order chi connectivity index (χ0) is 13.1. The molecule has 0 saturated heterocycles. The molecule has 3 nitrogen and oxygen atoms in total. The van der Waals surface area contributed by atoms with E-state index < -0.39 is 0 Å². The Kier molecular flexibility index (Phi) is 3.53. The fourth-order valence-electron chi connectivity index (χ4n) is 1.58. The number of hydrogen-bond donors (Lipinski definition) is 2. The summed E-state index contributed by atoms with van der Waals surface area (Å²) in [6.45, 7) is 1.83. The molecule has 18 heavy (non-hydrogen) atoms. The van der Waals surface area contributed by atoms with Gasteiger partial charge in [-0.2, -0.15) is 0 Å². The lowest BCUT2D eigenvalue weighted by Crippen LogP contribution is -2.12. The van der Waals surface area contributed by atoms with Crippen LogP contribution in [0.4, 0.5) is 15.8 Å². The van der Waals surface area contributed by atoms with Gasteiger partial charge < -0.3 is 11.1 Å². The predicted molar refractivity (Wildman–Crippen MR) is 74.5 cm³/mol. The SMILES string of the molecule is Cc1ccc(Nc2cnccc2C(N)=S)c(F)c1. The molecule has 0 atom stereocenters. The molecule has 0 spiro atoms. The molecule has 2 aromatic rings. The first-order valence-electron chi connectivity index (χ1n) is 5.35. The van der Waals surface area contributed by atoms with Crippen LogP contribution in [0.3, 0.4) is 0 Å². The number of aromatic nitrogens is 1. The van der Waals surface area contributed by atoms with Crippen molar-refractivity contribution in [3.8, 4) is 0 Å². The maximum absolute atomic E-state index is 13.7. The molecular formula is C13H12FN3S. The molecule has 1 aromatic carbocycles. The molecule has 1 heterocycles. The maximum Gasteiger partial charge on any atom is 0.146 e. The summed E-state index contributed by atoms with van der Waals surface area (Å²) in [5.41, 5.74) is 8.06. The van der Waals surface area contributed by atoms with Gasteiger partial charge >= 0.3 is 0 Å². The number of halogens is 1. The average molecular weight is 261 g/mol. The van der Waals surface area contributed by atoms with Gasteiger partial charge in [-0.25, -0.2) is 4.39 Å². The molecule has 0 aliphatic rings. The first kappa shape index (κ1) is 12.4. The molecule has 5 heteroatoms. The summed E-state index contributed by atoms with van der Waals surface area (Å²) in [7, 11) is 0. The van der Waals surface area contributed by atoms with Gasteiger partial charge in [-0.3, -0.25) is 4.98 Å². The number of nitrogens with two attached hydrogens (primary N) is 1. The van der Waals surface area contributed by atoms with E-state index in [2.05, 4.69) is 10.3 Å². The number of rotatable bonds is 3. The zero-order valence-corrected chi connectivity index (χ0v) is 10.6. The van der Waals surface area contributed by atoms with Crippen molar-refractivity contribution in [1.29, 1.82) is 0 Å². The Balaban J connectivity index is 2.37. The van der Waals surface area contributed by atoms with Gasteiger partial charge in [0.15, 0.2) is 0 Å². The first-order chi connectivity index (χ1) is 8.58. The largest absolute Gasteiger partial charge is 0.389 e. The van der Waals surface area contributed by atoms with Gasteiger partial charge in [0, 0.05) is 11.8 Å². The van der Waals surface area contributed by atoms with E-state index in [0.717, 1.165) is 5.56 Å². The van der Waals surface area contributed by atoms with Crippen LogP contribution in [0.25, 0.3) is 0 Å². The minimum Gasteiger partial charge on any atom is -0.389 e. The Labute approximate surface area is 110 Å². The standard InChI is InChI=1S/C13H12FN3S/c1-8-2-3-11(10(14)6-8)17-12-7-16-5-4-9(12)13(15)18/h2-7,17H,1H3,(H2,15,18). The van der Waals surface area contributed by atoms with E-state index in [-0.39, 0.29) is 10.8 Å². The lowest BCUT2D eigenvalue weighted by atomic mass is 10.2. The third-order valence-corrected chi connectivity index (χ3v) is 2.70. The molecule has 3 N–H and O–H groups in total. The smallest absolute Gasteiger partial charge is 0.146 e. The highest BCUT2D eigenvalue weighted by Crippen LogP contribution is 2.22. The summed E-state index contributed by atoms with van der Waals surface area (Å²) in [5.74, 6) is -0.326. The highest BCUT2D eigenvalue weighted by atomic mass is 32.1. The highest BCUT2D eigenvalue weighted by molar-refractivity contribution is 7.80. The number of thiocarbonyl (C=S) groups is 1. The third-order valence-electron chi connectivity index (χ3n) is 2.48. The number of pyridine rings is 1. The van der Waals surface area contributed by atoms with E-state index in [1.165, 1.54) is 6.07 Å². The van der Waals surface area contributed by atoms with Gasteiger partial charge in [-0.15, -0.1) is 0 Å². The van der Waals surface area contributed by atoms with Crippen molar-refractivity contribution in [3.05, 3.63) is 53.6 Å². The van der Waals surface area contributed by atoms with Crippen molar-refractivity contribution in [3.63, 3.8) is 0 Å². The topological polar surface area (TPSA) is 50.9 Å². The van der Waals surface area contributed by atoms with Crippen molar-refractivity contribution in [1.82, 2.24) is 4.98 Å². The van der Waals surface area contributed by atoms with Crippen LogP contribution in [0, 0.1) is 12.7 Å². The van der Waals surface area contributed by atoms with E-state index in [1.807, 2.05) is 13.0 Å². The van der Waals surface area contributed by atoms with Crippen molar-refractivity contribution in [2.75, 3.05) is 5.32 Å². The van der Waals surface area contributed by atoms with Gasteiger partial charge in [0.25, 0.3) is 0 Å². The summed E-state index contributed by atoms with van der Waals surface area (Å²) < 4.78 is 13.7. The van der Waals surface area contributed by atoms with Crippen LogP contribution in [0.15, 0.2) is 36.7 Å². The predicted octanol–water partition coefficient (Wildman–Crippen LogP) is 2.91. The second-order valence-corrected chi connectivity index (χ2v) is 4.33. The molecule has 0 amide bonds. The van der Waals surface area contributed by atoms with E-state index in [0.29, 0.717) is 16.9 Å². The number of benzene rings is 1. The Morgan fingerprint density at radius 3 is 2.78 bits per heavy atom. The van der Waals surface area contributed by atoms with Crippen LogP contribution < -0.4 is 11.1 Å². The van der Waals surface area contributed by atoms with Crippen LogP contribution in [0.2, 0.25) is 0 Å².